The second-order valence-corrected chi connectivity index (χ2v) is 8.93. The van der Waals surface area contributed by atoms with Gasteiger partial charge in [-0.15, -0.1) is 0 Å². The maximum atomic E-state index is 12.4. The Bertz CT molecular complexity index is 1010. The summed E-state index contributed by atoms with van der Waals surface area (Å²) in [6, 6.07) is 12.8. The van der Waals surface area contributed by atoms with Crippen LogP contribution in [0.25, 0.3) is 10.2 Å². The van der Waals surface area contributed by atoms with Gasteiger partial charge in [0, 0.05) is 21.6 Å². The SMILES string of the molecule is O=C(Nc1ccc2nc(NC(=O)C3CCCCC3)sc2c1)c1ccc(Br)cc1. The van der Waals surface area contributed by atoms with E-state index in [1.807, 2.05) is 30.3 Å². The molecule has 3 aromatic rings. The Labute approximate surface area is 175 Å². The smallest absolute Gasteiger partial charge is 0.255 e. The summed E-state index contributed by atoms with van der Waals surface area (Å²) in [4.78, 5) is 29.3. The number of carbonyl (C=O) groups excluding carboxylic acids is 2. The first-order valence-electron chi connectivity index (χ1n) is 9.37. The summed E-state index contributed by atoms with van der Waals surface area (Å²) in [5, 5.41) is 6.49. The zero-order valence-electron chi connectivity index (χ0n) is 15.2. The van der Waals surface area contributed by atoms with E-state index >= 15 is 0 Å². The zero-order valence-corrected chi connectivity index (χ0v) is 17.6. The molecule has 144 valence electrons. The molecule has 1 aliphatic carbocycles. The molecule has 2 amide bonds. The number of nitrogens with zero attached hydrogens (tertiary/aromatic N) is 1. The summed E-state index contributed by atoms with van der Waals surface area (Å²) in [6.45, 7) is 0. The van der Waals surface area contributed by atoms with E-state index in [4.69, 9.17) is 0 Å². The summed E-state index contributed by atoms with van der Waals surface area (Å²) in [5.74, 6) is 0.00577. The minimum atomic E-state index is -0.165. The van der Waals surface area contributed by atoms with E-state index in [0.717, 1.165) is 40.4 Å². The molecule has 0 unspecified atom stereocenters. The van der Waals surface area contributed by atoms with Gasteiger partial charge in [0.05, 0.1) is 10.2 Å². The number of amides is 2. The fourth-order valence-electron chi connectivity index (χ4n) is 3.43. The predicted molar refractivity (Wildman–Crippen MR) is 117 cm³/mol. The molecule has 4 rings (SSSR count). The first-order valence-corrected chi connectivity index (χ1v) is 11.0. The summed E-state index contributed by atoms with van der Waals surface area (Å²) < 4.78 is 1.85. The molecule has 0 saturated heterocycles. The highest BCUT2D eigenvalue weighted by Crippen LogP contribution is 2.30. The number of fused-ring (bicyclic) bond motifs is 1. The van der Waals surface area contributed by atoms with Gasteiger partial charge in [-0.25, -0.2) is 4.98 Å². The van der Waals surface area contributed by atoms with Crippen LogP contribution in [0, 0.1) is 5.92 Å². The van der Waals surface area contributed by atoms with Crippen LogP contribution in [0.2, 0.25) is 0 Å². The highest BCUT2D eigenvalue weighted by molar-refractivity contribution is 9.10. The summed E-state index contributed by atoms with van der Waals surface area (Å²) in [6.07, 6.45) is 5.39. The van der Waals surface area contributed by atoms with Crippen LogP contribution in [0.1, 0.15) is 42.5 Å². The number of aromatic nitrogens is 1. The van der Waals surface area contributed by atoms with Crippen molar-refractivity contribution in [2.24, 2.45) is 5.92 Å². The Balaban J connectivity index is 1.46. The summed E-state index contributed by atoms with van der Waals surface area (Å²) >= 11 is 4.79. The van der Waals surface area contributed by atoms with Crippen molar-refractivity contribution in [3.8, 4) is 0 Å². The molecular formula is C21H20BrN3O2S. The monoisotopic (exact) mass is 457 g/mol. The third-order valence-electron chi connectivity index (χ3n) is 4.96. The molecule has 7 heteroatoms. The van der Waals surface area contributed by atoms with Crippen LogP contribution in [0.5, 0.6) is 0 Å². The lowest BCUT2D eigenvalue weighted by Crippen LogP contribution is -2.24. The van der Waals surface area contributed by atoms with Crippen LogP contribution >= 0.6 is 27.3 Å². The highest BCUT2D eigenvalue weighted by atomic mass is 79.9. The normalized spacial score (nSPS) is 14.8. The Morgan fingerprint density at radius 2 is 1.75 bits per heavy atom. The first-order chi connectivity index (χ1) is 13.6. The van der Waals surface area contributed by atoms with Gasteiger partial charge in [0.15, 0.2) is 5.13 Å². The van der Waals surface area contributed by atoms with Gasteiger partial charge in [0.2, 0.25) is 5.91 Å². The number of anilines is 2. The highest BCUT2D eigenvalue weighted by Gasteiger charge is 2.22. The van der Waals surface area contributed by atoms with Crippen molar-refractivity contribution < 1.29 is 9.59 Å². The Morgan fingerprint density at radius 3 is 2.50 bits per heavy atom. The fraction of sp³-hybridized carbons (Fsp3) is 0.286. The number of nitrogens with one attached hydrogen (secondary N) is 2. The van der Waals surface area contributed by atoms with Crippen molar-refractivity contribution in [3.05, 3.63) is 52.5 Å². The zero-order chi connectivity index (χ0) is 19.5. The second kappa shape index (κ2) is 8.41. The van der Waals surface area contributed by atoms with Gasteiger partial charge in [-0.3, -0.25) is 9.59 Å². The third kappa shape index (κ3) is 4.42. The maximum Gasteiger partial charge on any atom is 0.255 e. The molecule has 0 radical (unpaired) electrons. The standard InChI is InChI=1S/C21H20BrN3O2S/c22-15-8-6-14(7-9-15)19(26)23-16-10-11-17-18(12-16)28-21(24-17)25-20(27)13-4-2-1-3-5-13/h6-13H,1-5H2,(H,23,26)(H,24,25,27). The van der Waals surface area contributed by atoms with Crippen molar-refractivity contribution >= 4 is 60.1 Å². The van der Waals surface area contributed by atoms with E-state index in [0.29, 0.717) is 16.4 Å². The van der Waals surface area contributed by atoms with Crippen LogP contribution in [0.15, 0.2) is 46.9 Å². The molecule has 2 aromatic carbocycles. The number of hydrogen-bond donors (Lipinski definition) is 2. The molecule has 1 aliphatic rings. The molecule has 1 heterocycles. The number of hydrogen-bond acceptors (Lipinski definition) is 4. The van der Waals surface area contributed by atoms with E-state index in [1.165, 1.54) is 17.8 Å². The molecule has 0 atom stereocenters. The minimum Gasteiger partial charge on any atom is -0.322 e. The van der Waals surface area contributed by atoms with E-state index in [1.54, 1.807) is 12.1 Å². The molecule has 2 N–H and O–H groups in total. The van der Waals surface area contributed by atoms with E-state index in [-0.39, 0.29) is 17.7 Å². The van der Waals surface area contributed by atoms with Crippen molar-refractivity contribution in [1.29, 1.82) is 0 Å². The molecule has 5 nitrogen and oxygen atoms in total. The number of benzene rings is 2. The molecule has 0 spiro atoms. The van der Waals surface area contributed by atoms with Crippen molar-refractivity contribution in [3.63, 3.8) is 0 Å². The predicted octanol–water partition coefficient (Wildman–Crippen LogP) is 5.83. The largest absolute Gasteiger partial charge is 0.322 e. The third-order valence-corrected chi connectivity index (χ3v) is 6.42. The fourth-order valence-corrected chi connectivity index (χ4v) is 4.60. The van der Waals surface area contributed by atoms with Crippen molar-refractivity contribution in [2.45, 2.75) is 32.1 Å². The summed E-state index contributed by atoms with van der Waals surface area (Å²) in [7, 11) is 0. The van der Waals surface area contributed by atoms with Gasteiger partial charge in [0.25, 0.3) is 5.91 Å². The first kappa shape index (κ1) is 19.1. The number of thiazole rings is 1. The summed E-state index contributed by atoms with van der Waals surface area (Å²) in [5.41, 5.74) is 2.10. The topological polar surface area (TPSA) is 71.1 Å². The van der Waals surface area contributed by atoms with E-state index in [2.05, 4.69) is 31.5 Å². The lowest BCUT2D eigenvalue weighted by Gasteiger charge is -2.19. The molecular weight excluding hydrogens is 438 g/mol. The van der Waals surface area contributed by atoms with Crippen LogP contribution < -0.4 is 10.6 Å². The number of rotatable bonds is 4. The molecule has 0 bridgehead atoms. The van der Waals surface area contributed by atoms with Crippen molar-refractivity contribution in [2.75, 3.05) is 10.6 Å². The second-order valence-electron chi connectivity index (χ2n) is 6.99. The molecule has 1 saturated carbocycles. The van der Waals surface area contributed by atoms with E-state index < -0.39 is 0 Å². The van der Waals surface area contributed by atoms with E-state index in [9.17, 15) is 9.59 Å². The minimum absolute atomic E-state index is 0.0718. The van der Waals surface area contributed by atoms with Crippen LogP contribution in [0.3, 0.4) is 0 Å². The van der Waals surface area contributed by atoms with Gasteiger partial charge in [0.1, 0.15) is 0 Å². The van der Waals surface area contributed by atoms with Crippen LogP contribution in [-0.2, 0) is 4.79 Å². The van der Waals surface area contributed by atoms with Crippen molar-refractivity contribution in [1.82, 2.24) is 4.98 Å². The average Bonchev–Trinajstić information content (AvgIpc) is 3.10. The van der Waals surface area contributed by atoms with Crippen LogP contribution in [-0.4, -0.2) is 16.8 Å². The lowest BCUT2D eigenvalue weighted by molar-refractivity contribution is -0.120. The Kier molecular flexibility index (Phi) is 5.73. The quantitative estimate of drug-likeness (QED) is 0.517. The maximum absolute atomic E-state index is 12.4. The average molecular weight is 458 g/mol. The van der Waals surface area contributed by atoms with Gasteiger partial charge < -0.3 is 10.6 Å². The lowest BCUT2D eigenvalue weighted by atomic mass is 9.89. The van der Waals surface area contributed by atoms with Gasteiger partial charge in [-0.2, -0.15) is 0 Å². The van der Waals surface area contributed by atoms with Gasteiger partial charge in [-0.05, 0) is 55.3 Å². The molecule has 28 heavy (non-hydrogen) atoms. The Hall–Kier alpha value is -2.25. The number of halogens is 1. The molecule has 1 aromatic heterocycles. The number of carbonyl (C=O) groups is 2. The van der Waals surface area contributed by atoms with Crippen LogP contribution in [0.4, 0.5) is 10.8 Å². The Morgan fingerprint density at radius 1 is 1.00 bits per heavy atom. The molecule has 0 aliphatic heterocycles. The van der Waals surface area contributed by atoms with Gasteiger partial charge in [-0.1, -0.05) is 46.5 Å². The molecule has 1 fully saturated rings. The van der Waals surface area contributed by atoms with Gasteiger partial charge >= 0.3 is 0 Å².